The van der Waals surface area contributed by atoms with Crippen LogP contribution in [0.1, 0.15) is 40.0 Å². The Morgan fingerprint density at radius 2 is 1.94 bits per heavy atom. The number of carbonyl (C=O) groups excluding carboxylic acids is 1. The van der Waals surface area contributed by atoms with Crippen molar-refractivity contribution in [2.45, 2.75) is 40.0 Å². The first kappa shape index (κ1) is 16.9. The van der Waals surface area contributed by atoms with E-state index in [0.29, 0.717) is 31.3 Å². The number of hydrogen-bond acceptors (Lipinski definition) is 3. The second-order valence-corrected chi connectivity index (χ2v) is 5.42. The molecule has 0 aliphatic heterocycles. The van der Waals surface area contributed by atoms with Crippen molar-refractivity contribution in [1.82, 2.24) is 4.90 Å². The molecule has 104 valence electrons. The molecule has 1 amide bonds. The molecular weight excluding hydrogens is 226 g/mol. The van der Waals surface area contributed by atoms with E-state index in [4.69, 9.17) is 11.0 Å². The highest BCUT2D eigenvalue weighted by Crippen LogP contribution is 2.20. The Kier molecular flexibility index (Phi) is 8.40. The van der Waals surface area contributed by atoms with Crippen LogP contribution < -0.4 is 5.73 Å². The number of nitrogens with zero attached hydrogens (tertiary/aromatic N) is 2. The lowest BCUT2D eigenvalue weighted by Gasteiger charge is -2.22. The molecule has 0 spiro atoms. The number of amides is 1. The molecule has 2 atom stereocenters. The Hall–Kier alpha value is -1.08. The molecule has 0 aliphatic carbocycles. The SMILES string of the molecule is CC(C#N)CN(C)C(=O)CCC(CCN)C(C)C. The van der Waals surface area contributed by atoms with Crippen molar-refractivity contribution >= 4 is 5.91 Å². The van der Waals surface area contributed by atoms with Gasteiger partial charge in [-0.15, -0.1) is 0 Å². The van der Waals surface area contributed by atoms with E-state index in [1.54, 1.807) is 11.9 Å². The second-order valence-electron chi connectivity index (χ2n) is 5.42. The number of carbonyl (C=O) groups is 1. The molecule has 4 heteroatoms. The summed E-state index contributed by atoms with van der Waals surface area (Å²) in [5, 5.41) is 8.72. The lowest BCUT2D eigenvalue weighted by Crippen LogP contribution is -2.31. The molecule has 0 aliphatic rings. The van der Waals surface area contributed by atoms with Crippen molar-refractivity contribution in [3.8, 4) is 6.07 Å². The number of hydrogen-bond donors (Lipinski definition) is 1. The molecule has 4 nitrogen and oxygen atoms in total. The highest BCUT2D eigenvalue weighted by Gasteiger charge is 2.17. The van der Waals surface area contributed by atoms with Gasteiger partial charge in [-0.2, -0.15) is 5.26 Å². The predicted molar refractivity (Wildman–Crippen MR) is 73.6 cm³/mol. The van der Waals surface area contributed by atoms with Gasteiger partial charge in [-0.3, -0.25) is 4.79 Å². The first-order chi connectivity index (χ1) is 8.42. The van der Waals surface area contributed by atoms with E-state index in [0.717, 1.165) is 12.8 Å². The van der Waals surface area contributed by atoms with Crippen LogP contribution in [0, 0.1) is 29.1 Å². The van der Waals surface area contributed by atoms with E-state index >= 15 is 0 Å². The zero-order valence-corrected chi connectivity index (χ0v) is 12.1. The monoisotopic (exact) mass is 253 g/mol. The molecule has 0 aromatic carbocycles. The summed E-state index contributed by atoms with van der Waals surface area (Å²) in [5.41, 5.74) is 5.59. The zero-order chi connectivity index (χ0) is 14.1. The molecule has 0 aromatic rings. The maximum Gasteiger partial charge on any atom is 0.222 e. The van der Waals surface area contributed by atoms with Crippen molar-refractivity contribution in [2.75, 3.05) is 20.1 Å². The fraction of sp³-hybridized carbons (Fsp3) is 0.857. The zero-order valence-electron chi connectivity index (χ0n) is 12.1. The van der Waals surface area contributed by atoms with Crippen LogP contribution in [-0.4, -0.2) is 30.9 Å². The topological polar surface area (TPSA) is 70.1 Å². The fourth-order valence-electron chi connectivity index (χ4n) is 2.08. The van der Waals surface area contributed by atoms with Gasteiger partial charge in [0, 0.05) is 20.0 Å². The highest BCUT2D eigenvalue weighted by molar-refractivity contribution is 5.75. The Labute approximate surface area is 111 Å². The van der Waals surface area contributed by atoms with Crippen molar-refractivity contribution in [3.05, 3.63) is 0 Å². The third-order valence-corrected chi connectivity index (χ3v) is 3.40. The molecule has 0 aromatic heterocycles. The van der Waals surface area contributed by atoms with Crippen LogP contribution in [-0.2, 0) is 4.79 Å². The highest BCUT2D eigenvalue weighted by atomic mass is 16.2. The minimum atomic E-state index is -0.108. The molecule has 2 unspecified atom stereocenters. The summed E-state index contributed by atoms with van der Waals surface area (Å²) < 4.78 is 0. The first-order valence-electron chi connectivity index (χ1n) is 6.76. The third-order valence-electron chi connectivity index (χ3n) is 3.40. The van der Waals surface area contributed by atoms with E-state index < -0.39 is 0 Å². The molecule has 0 bridgehead atoms. The quantitative estimate of drug-likeness (QED) is 0.719. The largest absolute Gasteiger partial charge is 0.344 e. The Morgan fingerprint density at radius 3 is 2.39 bits per heavy atom. The van der Waals surface area contributed by atoms with Crippen LogP contribution in [0.5, 0.6) is 0 Å². The fourth-order valence-corrected chi connectivity index (χ4v) is 2.08. The predicted octanol–water partition coefficient (Wildman–Crippen LogP) is 2.01. The van der Waals surface area contributed by atoms with Gasteiger partial charge < -0.3 is 10.6 Å². The molecule has 0 rings (SSSR count). The Balaban J connectivity index is 4.11. The summed E-state index contributed by atoms with van der Waals surface area (Å²) in [7, 11) is 1.77. The van der Waals surface area contributed by atoms with E-state index in [-0.39, 0.29) is 11.8 Å². The molecule has 0 heterocycles. The van der Waals surface area contributed by atoms with Gasteiger partial charge in [-0.1, -0.05) is 13.8 Å². The van der Waals surface area contributed by atoms with Crippen molar-refractivity contribution in [3.63, 3.8) is 0 Å². The number of nitriles is 1. The van der Waals surface area contributed by atoms with Crippen molar-refractivity contribution in [1.29, 1.82) is 5.26 Å². The van der Waals surface area contributed by atoms with Crippen LogP contribution in [0.4, 0.5) is 0 Å². The molecule has 18 heavy (non-hydrogen) atoms. The van der Waals surface area contributed by atoms with E-state index in [1.165, 1.54) is 0 Å². The van der Waals surface area contributed by atoms with Crippen LogP contribution in [0.2, 0.25) is 0 Å². The standard InChI is InChI=1S/C14H27N3O/c1-11(2)13(7-8-15)5-6-14(18)17(4)10-12(3)9-16/h11-13H,5-8,10,15H2,1-4H3. The number of rotatable bonds is 8. The van der Waals surface area contributed by atoms with Crippen LogP contribution >= 0.6 is 0 Å². The summed E-state index contributed by atoms with van der Waals surface area (Å²) in [6.07, 6.45) is 2.42. The summed E-state index contributed by atoms with van der Waals surface area (Å²) in [4.78, 5) is 13.6. The maximum atomic E-state index is 11.9. The summed E-state index contributed by atoms with van der Waals surface area (Å²) >= 11 is 0. The van der Waals surface area contributed by atoms with Gasteiger partial charge in [0.1, 0.15) is 0 Å². The number of nitrogens with two attached hydrogens (primary N) is 1. The molecule has 0 saturated carbocycles. The smallest absolute Gasteiger partial charge is 0.222 e. The van der Waals surface area contributed by atoms with Gasteiger partial charge in [0.2, 0.25) is 5.91 Å². The van der Waals surface area contributed by atoms with Crippen molar-refractivity contribution in [2.24, 2.45) is 23.5 Å². The van der Waals surface area contributed by atoms with E-state index in [9.17, 15) is 4.79 Å². The maximum absolute atomic E-state index is 11.9. The van der Waals surface area contributed by atoms with E-state index in [2.05, 4.69) is 19.9 Å². The Bertz CT molecular complexity index is 283. The van der Waals surface area contributed by atoms with Gasteiger partial charge in [0.25, 0.3) is 0 Å². The van der Waals surface area contributed by atoms with Crippen LogP contribution in [0.3, 0.4) is 0 Å². The Morgan fingerprint density at radius 1 is 1.33 bits per heavy atom. The van der Waals surface area contributed by atoms with Gasteiger partial charge in [0.15, 0.2) is 0 Å². The van der Waals surface area contributed by atoms with Gasteiger partial charge >= 0.3 is 0 Å². The molecule has 2 N–H and O–H groups in total. The first-order valence-corrected chi connectivity index (χ1v) is 6.76. The average Bonchev–Trinajstić information content (AvgIpc) is 2.33. The normalized spacial score (nSPS) is 14.1. The molecular formula is C14H27N3O. The summed E-state index contributed by atoms with van der Waals surface area (Å²) in [6, 6.07) is 2.14. The molecule has 0 radical (unpaired) electrons. The summed E-state index contributed by atoms with van der Waals surface area (Å²) in [5.74, 6) is 1.09. The van der Waals surface area contributed by atoms with Gasteiger partial charge in [0.05, 0.1) is 12.0 Å². The minimum absolute atomic E-state index is 0.108. The minimum Gasteiger partial charge on any atom is -0.344 e. The molecule has 0 saturated heterocycles. The average molecular weight is 253 g/mol. The lowest BCUT2D eigenvalue weighted by atomic mass is 9.88. The van der Waals surface area contributed by atoms with E-state index in [1.807, 2.05) is 6.92 Å². The summed E-state index contributed by atoms with van der Waals surface area (Å²) in [6.45, 7) is 7.37. The van der Waals surface area contributed by atoms with Gasteiger partial charge in [-0.25, -0.2) is 0 Å². The lowest BCUT2D eigenvalue weighted by molar-refractivity contribution is -0.130. The van der Waals surface area contributed by atoms with Crippen molar-refractivity contribution < 1.29 is 4.79 Å². The van der Waals surface area contributed by atoms with Crippen LogP contribution in [0.15, 0.2) is 0 Å². The van der Waals surface area contributed by atoms with Gasteiger partial charge in [-0.05, 0) is 38.1 Å². The third kappa shape index (κ3) is 6.61. The van der Waals surface area contributed by atoms with Crippen LogP contribution in [0.25, 0.3) is 0 Å². The molecule has 0 fully saturated rings. The second kappa shape index (κ2) is 8.93.